The summed E-state index contributed by atoms with van der Waals surface area (Å²) in [6.45, 7) is 1.26. The molecule has 1 aromatic heterocycles. The van der Waals surface area contributed by atoms with Gasteiger partial charge in [0, 0.05) is 12.7 Å². The Kier molecular flexibility index (Phi) is 7.66. The minimum atomic E-state index is -3.87. The van der Waals surface area contributed by atoms with E-state index in [9.17, 15) is 17.6 Å². The van der Waals surface area contributed by atoms with Crippen molar-refractivity contribution in [1.82, 2.24) is 20.3 Å². The van der Waals surface area contributed by atoms with Crippen LogP contribution in [-0.4, -0.2) is 39.4 Å². The quantitative estimate of drug-likeness (QED) is 0.542. The van der Waals surface area contributed by atoms with Crippen molar-refractivity contribution in [2.75, 3.05) is 20.1 Å². The fraction of sp³-hybridized carbons (Fsp3) is 0.294. The largest absolute Gasteiger partial charge is 0.352 e. The molecule has 0 saturated heterocycles. The number of pyridine rings is 1. The van der Waals surface area contributed by atoms with Gasteiger partial charge in [-0.2, -0.15) is 0 Å². The first-order valence-electron chi connectivity index (χ1n) is 8.16. The minimum absolute atomic E-state index is 0.0819. The molecule has 7 nitrogen and oxygen atoms in total. The molecule has 0 radical (unpaired) electrons. The summed E-state index contributed by atoms with van der Waals surface area (Å²) in [5.74, 6) is -0.941. The van der Waals surface area contributed by atoms with Gasteiger partial charge in [-0.05, 0) is 50.3 Å². The molecule has 2 rings (SSSR count). The van der Waals surface area contributed by atoms with E-state index in [1.54, 1.807) is 12.1 Å². The molecule has 0 bridgehead atoms. The van der Waals surface area contributed by atoms with Gasteiger partial charge in [0.05, 0.1) is 27.7 Å². The van der Waals surface area contributed by atoms with E-state index in [0.717, 1.165) is 31.2 Å². The predicted octanol–water partition coefficient (Wildman–Crippen LogP) is 1.69. The molecule has 27 heavy (non-hydrogen) atoms. The number of nitrogens with one attached hydrogen (secondary N) is 3. The Morgan fingerprint density at radius 2 is 2.00 bits per heavy atom. The van der Waals surface area contributed by atoms with E-state index in [1.165, 1.54) is 6.20 Å². The SMILES string of the molecule is CNCCCNC(=O)c1ccc(CNS(=O)(=O)c2ccc(F)c(Cl)c2)nc1. The van der Waals surface area contributed by atoms with Gasteiger partial charge in [-0.3, -0.25) is 9.78 Å². The number of carbonyl (C=O) groups is 1. The molecule has 1 aromatic carbocycles. The Morgan fingerprint density at radius 1 is 1.22 bits per heavy atom. The fourth-order valence-electron chi connectivity index (χ4n) is 2.13. The zero-order chi connectivity index (χ0) is 19.9. The molecule has 0 fully saturated rings. The molecule has 3 N–H and O–H groups in total. The molecule has 0 spiro atoms. The Balaban J connectivity index is 1.94. The third-order valence-corrected chi connectivity index (χ3v) is 5.31. The Morgan fingerprint density at radius 3 is 2.63 bits per heavy atom. The van der Waals surface area contributed by atoms with Crippen molar-refractivity contribution in [2.24, 2.45) is 0 Å². The third-order valence-electron chi connectivity index (χ3n) is 3.62. The summed E-state index contributed by atoms with van der Waals surface area (Å²) in [4.78, 5) is 15.9. The summed E-state index contributed by atoms with van der Waals surface area (Å²) in [5.41, 5.74) is 0.815. The lowest BCUT2D eigenvalue weighted by Crippen LogP contribution is -2.27. The normalized spacial score (nSPS) is 11.4. The van der Waals surface area contributed by atoms with E-state index in [-0.39, 0.29) is 22.4 Å². The van der Waals surface area contributed by atoms with Crippen LogP contribution in [0.3, 0.4) is 0 Å². The fourth-order valence-corrected chi connectivity index (χ4v) is 3.40. The van der Waals surface area contributed by atoms with Crippen molar-refractivity contribution in [2.45, 2.75) is 17.9 Å². The van der Waals surface area contributed by atoms with Crippen molar-refractivity contribution >= 4 is 27.5 Å². The Labute approximate surface area is 162 Å². The molecular formula is C17H20ClFN4O3S. The number of halogens is 2. The summed E-state index contributed by atoms with van der Waals surface area (Å²) < 4.78 is 40.0. The van der Waals surface area contributed by atoms with Gasteiger partial charge in [0.2, 0.25) is 10.0 Å². The molecule has 0 saturated carbocycles. The average molecular weight is 415 g/mol. The average Bonchev–Trinajstić information content (AvgIpc) is 2.66. The van der Waals surface area contributed by atoms with Crippen LogP contribution in [0.15, 0.2) is 41.4 Å². The van der Waals surface area contributed by atoms with Crippen LogP contribution in [0.4, 0.5) is 4.39 Å². The molecule has 0 unspecified atom stereocenters. The van der Waals surface area contributed by atoms with Gasteiger partial charge in [0.25, 0.3) is 5.91 Å². The van der Waals surface area contributed by atoms with Crippen molar-refractivity contribution in [3.63, 3.8) is 0 Å². The maximum atomic E-state index is 13.2. The summed E-state index contributed by atoms with van der Waals surface area (Å²) >= 11 is 5.62. The standard InChI is InChI=1S/C17H20ClFN4O3S/c1-20-7-2-8-21-17(24)12-3-4-13(22-10-12)11-23-27(25,26)14-5-6-16(19)15(18)9-14/h3-6,9-10,20,23H,2,7-8,11H2,1H3,(H,21,24). The van der Waals surface area contributed by atoms with Crippen molar-refractivity contribution in [3.05, 3.63) is 58.6 Å². The molecule has 10 heteroatoms. The number of amides is 1. The summed E-state index contributed by atoms with van der Waals surface area (Å²) in [6, 6.07) is 6.27. The summed E-state index contributed by atoms with van der Waals surface area (Å²) in [5, 5.41) is 5.48. The van der Waals surface area contributed by atoms with E-state index in [0.29, 0.717) is 17.8 Å². The first-order chi connectivity index (χ1) is 12.8. The molecule has 0 aliphatic rings. The lowest BCUT2D eigenvalue weighted by Gasteiger charge is -2.08. The van der Waals surface area contributed by atoms with Gasteiger partial charge in [0.1, 0.15) is 5.82 Å². The van der Waals surface area contributed by atoms with Crippen molar-refractivity contribution < 1.29 is 17.6 Å². The smallest absolute Gasteiger partial charge is 0.252 e. The lowest BCUT2D eigenvalue weighted by molar-refractivity contribution is 0.0953. The second kappa shape index (κ2) is 9.75. The van der Waals surface area contributed by atoms with E-state index in [1.807, 2.05) is 7.05 Å². The van der Waals surface area contributed by atoms with Crippen LogP contribution in [0.25, 0.3) is 0 Å². The second-order valence-electron chi connectivity index (χ2n) is 5.65. The van der Waals surface area contributed by atoms with E-state index < -0.39 is 15.8 Å². The first kappa shape index (κ1) is 21.2. The van der Waals surface area contributed by atoms with Gasteiger partial charge < -0.3 is 10.6 Å². The number of carbonyl (C=O) groups excluding carboxylic acids is 1. The van der Waals surface area contributed by atoms with Gasteiger partial charge >= 0.3 is 0 Å². The topological polar surface area (TPSA) is 100 Å². The molecule has 0 atom stereocenters. The highest BCUT2D eigenvalue weighted by Gasteiger charge is 2.16. The molecule has 1 amide bonds. The molecule has 1 heterocycles. The molecule has 146 valence electrons. The highest BCUT2D eigenvalue weighted by molar-refractivity contribution is 7.89. The molecular weight excluding hydrogens is 395 g/mol. The zero-order valence-corrected chi connectivity index (χ0v) is 16.2. The maximum absolute atomic E-state index is 13.2. The third kappa shape index (κ3) is 6.24. The van der Waals surface area contributed by atoms with Crippen LogP contribution in [0, 0.1) is 5.82 Å². The minimum Gasteiger partial charge on any atom is -0.352 e. The van der Waals surface area contributed by atoms with Crippen LogP contribution in [0.5, 0.6) is 0 Å². The van der Waals surface area contributed by atoms with Crippen LogP contribution in [-0.2, 0) is 16.6 Å². The van der Waals surface area contributed by atoms with Crippen molar-refractivity contribution in [1.29, 1.82) is 0 Å². The summed E-state index contributed by atoms with van der Waals surface area (Å²) in [6.07, 6.45) is 2.19. The number of rotatable bonds is 9. The maximum Gasteiger partial charge on any atom is 0.252 e. The molecule has 0 aliphatic heterocycles. The van der Waals surface area contributed by atoms with E-state index >= 15 is 0 Å². The first-order valence-corrected chi connectivity index (χ1v) is 10.0. The number of nitrogens with zero attached hydrogens (tertiary/aromatic N) is 1. The Hall–Kier alpha value is -2.07. The summed E-state index contributed by atoms with van der Waals surface area (Å²) in [7, 11) is -2.03. The van der Waals surface area contributed by atoms with Crippen LogP contribution < -0.4 is 15.4 Å². The second-order valence-corrected chi connectivity index (χ2v) is 7.83. The van der Waals surface area contributed by atoms with E-state index in [4.69, 9.17) is 11.6 Å². The van der Waals surface area contributed by atoms with Crippen LogP contribution in [0.1, 0.15) is 22.5 Å². The predicted molar refractivity (Wildman–Crippen MR) is 101 cm³/mol. The van der Waals surface area contributed by atoms with Crippen LogP contribution in [0.2, 0.25) is 5.02 Å². The Bertz CT molecular complexity index is 892. The number of aromatic nitrogens is 1. The monoisotopic (exact) mass is 414 g/mol. The van der Waals surface area contributed by atoms with Gasteiger partial charge in [-0.1, -0.05) is 11.6 Å². The van der Waals surface area contributed by atoms with Gasteiger partial charge in [-0.15, -0.1) is 0 Å². The van der Waals surface area contributed by atoms with E-state index in [2.05, 4.69) is 20.3 Å². The molecule has 2 aromatic rings. The number of hydrogen-bond acceptors (Lipinski definition) is 5. The number of benzene rings is 1. The highest BCUT2D eigenvalue weighted by Crippen LogP contribution is 2.19. The van der Waals surface area contributed by atoms with Crippen LogP contribution >= 0.6 is 11.6 Å². The zero-order valence-electron chi connectivity index (χ0n) is 14.6. The van der Waals surface area contributed by atoms with Gasteiger partial charge in [-0.25, -0.2) is 17.5 Å². The number of sulfonamides is 1. The lowest BCUT2D eigenvalue weighted by atomic mass is 10.2. The molecule has 0 aliphatic carbocycles. The number of hydrogen-bond donors (Lipinski definition) is 3. The highest BCUT2D eigenvalue weighted by atomic mass is 35.5. The van der Waals surface area contributed by atoms with Crippen molar-refractivity contribution in [3.8, 4) is 0 Å². The van der Waals surface area contributed by atoms with Gasteiger partial charge in [0.15, 0.2) is 0 Å².